The van der Waals surface area contributed by atoms with Gasteiger partial charge in [0.1, 0.15) is 6.42 Å². The molecule has 1 heterocycles. The topological polar surface area (TPSA) is 137 Å². The van der Waals surface area contributed by atoms with Gasteiger partial charge in [0.15, 0.2) is 11.7 Å². The molecule has 1 unspecified atom stereocenters. The van der Waals surface area contributed by atoms with Crippen LogP contribution in [0.1, 0.15) is 91.4 Å². The van der Waals surface area contributed by atoms with E-state index in [-0.39, 0.29) is 68.1 Å². The van der Waals surface area contributed by atoms with Gasteiger partial charge in [-0.2, -0.15) is 0 Å². The van der Waals surface area contributed by atoms with Crippen molar-refractivity contribution in [3.63, 3.8) is 0 Å². The van der Waals surface area contributed by atoms with Crippen LogP contribution in [-0.4, -0.2) is 90.3 Å². The quantitative estimate of drug-likeness (QED) is 0.215. The van der Waals surface area contributed by atoms with Crippen LogP contribution in [0.5, 0.6) is 0 Å². The maximum atomic E-state index is 12.3. The highest BCUT2D eigenvalue weighted by Gasteiger charge is 2.44. The largest absolute Gasteiger partial charge is 0.466 e. The zero-order chi connectivity index (χ0) is 28.8. The van der Waals surface area contributed by atoms with Crippen molar-refractivity contribution in [1.82, 2.24) is 9.80 Å². The van der Waals surface area contributed by atoms with Gasteiger partial charge in [-0.25, -0.2) is 0 Å². The monoisotopic (exact) mass is 552 g/mol. The first-order chi connectivity index (χ1) is 18.7. The number of hydrogen-bond donors (Lipinski definition) is 0. The Morgan fingerprint density at radius 3 is 1.97 bits per heavy atom. The number of ether oxygens (including phenoxy) is 3. The molecule has 220 valence electrons. The van der Waals surface area contributed by atoms with Crippen molar-refractivity contribution >= 4 is 35.5 Å². The zero-order valence-electron chi connectivity index (χ0n) is 23.6. The van der Waals surface area contributed by atoms with E-state index in [1.165, 1.54) is 0 Å². The average molecular weight is 553 g/mol. The van der Waals surface area contributed by atoms with Crippen molar-refractivity contribution in [2.24, 2.45) is 5.92 Å². The maximum absolute atomic E-state index is 12.3. The van der Waals surface area contributed by atoms with Crippen molar-refractivity contribution in [1.29, 1.82) is 0 Å². The van der Waals surface area contributed by atoms with E-state index in [4.69, 9.17) is 14.2 Å². The van der Waals surface area contributed by atoms with Crippen molar-refractivity contribution < 1.29 is 43.0 Å². The van der Waals surface area contributed by atoms with E-state index in [0.29, 0.717) is 19.7 Å². The van der Waals surface area contributed by atoms with Gasteiger partial charge >= 0.3 is 17.9 Å². The number of likely N-dealkylation sites (tertiary alicyclic amines) is 1. The van der Waals surface area contributed by atoms with Gasteiger partial charge in [-0.1, -0.05) is 25.7 Å². The lowest BCUT2D eigenvalue weighted by Crippen LogP contribution is -2.52. The summed E-state index contributed by atoms with van der Waals surface area (Å²) in [5, 5.41) is 0. The molecule has 0 radical (unpaired) electrons. The number of nitrogens with zero attached hydrogens (tertiary/aromatic N) is 2. The number of Topliss-reactive ketones (excluding diaryl/α,β-unsaturated/α-hetero) is 1. The highest BCUT2D eigenvalue weighted by Crippen LogP contribution is 2.28. The Kier molecular flexibility index (Phi) is 13.9. The van der Waals surface area contributed by atoms with E-state index in [9.17, 15) is 28.8 Å². The van der Waals surface area contributed by atoms with Gasteiger partial charge in [0.25, 0.3) is 0 Å². The van der Waals surface area contributed by atoms with Crippen LogP contribution >= 0.6 is 0 Å². The summed E-state index contributed by atoms with van der Waals surface area (Å²) >= 11 is 0. The maximum Gasteiger partial charge on any atom is 0.326 e. The van der Waals surface area contributed by atoms with Crippen molar-refractivity contribution in [2.75, 3.05) is 32.9 Å². The van der Waals surface area contributed by atoms with Crippen LogP contribution in [0.25, 0.3) is 0 Å². The number of hydrogen-bond acceptors (Lipinski definition) is 9. The fourth-order valence-corrected chi connectivity index (χ4v) is 5.43. The molecular weight excluding hydrogens is 508 g/mol. The van der Waals surface area contributed by atoms with Gasteiger partial charge in [-0.3, -0.25) is 28.8 Å². The number of piperidine rings is 1. The molecule has 3 fully saturated rings. The van der Waals surface area contributed by atoms with Gasteiger partial charge in [-0.15, -0.1) is 0 Å². The van der Waals surface area contributed by atoms with Crippen molar-refractivity contribution in [2.45, 2.75) is 103 Å². The second-order valence-corrected chi connectivity index (χ2v) is 9.93. The molecule has 1 saturated heterocycles. The fourth-order valence-electron chi connectivity index (χ4n) is 5.43. The van der Waals surface area contributed by atoms with Crippen LogP contribution < -0.4 is 0 Å². The molecule has 3 aliphatic rings. The lowest BCUT2D eigenvalue weighted by atomic mass is 9.94. The van der Waals surface area contributed by atoms with Gasteiger partial charge < -0.3 is 24.0 Å². The predicted molar refractivity (Wildman–Crippen MR) is 140 cm³/mol. The zero-order valence-corrected chi connectivity index (χ0v) is 23.6. The minimum atomic E-state index is -1.21. The number of carbonyl (C=O) groups is 6. The SMILES string of the molecule is CCOC(=O)C1C(=O)CCN(C2CCCC2)C1=O.CCOC(=O)CCN(C(=O)CC(=O)OCC)C1CCCC1. The molecule has 2 aliphatic carbocycles. The molecule has 11 nitrogen and oxygen atoms in total. The molecule has 0 aromatic heterocycles. The number of ketones is 1. The Hall–Kier alpha value is -2.98. The number of esters is 3. The molecule has 0 aromatic carbocycles. The van der Waals surface area contributed by atoms with Gasteiger partial charge in [0.2, 0.25) is 11.8 Å². The Morgan fingerprint density at radius 2 is 1.38 bits per heavy atom. The van der Waals surface area contributed by atoms with E-state index in [0.717, 1.165) is 51.4 Å². The highest BCUT2D eigenvalue weighted by atomic mass is 16.5. The van der Waals surface area contributed by atoms with Crippen molar-refractivity contribution in [3.8, 4) is 0 Å². The molecule has 2 amide bonds. The van der Waals surface area contributed by atoms with Gasteiger partial charge in [0.05, 0.1) is 26.2 Å². The van der Waals surface area contributed by atoms with Gasteiger partial charge in [-0.05, 0) is 46.5 Å². The summed E-state index contributed by atoms with van der Waals surface area (Å²) in [5.41, 5.74) is 0. The van der Waals surface area contributed by atoms with E-state index < -0.39 is 17.9 Å². The predicted octanol–water partition coefficient (Wildman–Crippen LogP) is 2.57. The first-order valence-corrected chi connectivity index (χ1v) is 14.3. The first kappa shape index (κ1) is 32.2. The first-order valence-electron chi connectivity index (χ1n) is 14.3. The Balaban J connectivity index is 0.000000276. The minimum Gasteiger partial charge on any atom is -0.466 e. The van der Waals surface area contributed by atoms with Crippen LogP contribution in [-0.2, 0) is 43.0 Å². The summed E-state index contributed by atoms with van der Waals surface area (Å²) in [6, 6.07) is 0.337. The summed E-state index contributed by atoms with van der Waals surface area (Å²) in [7, 11) is 0. The number of carbonyl (C=O) groups excluding carboxylic acids is 6. The van der Waals surface area contributed by atoms with Gasteiger partial charge in [0, 0.05) is 31.6 Å². The van der Waals surface area contributed by atoms with E-state index in [1.54, 1.807) is 30.6 Å². The summed E-state index contributed by atoms with van der Waals surface area (Å²) in [6.45, 7) is 6.68. The summed E-state index contributed by atoms with van der Waals surface area (Å²) in [5.74, 6) is -3.63. The molecule has 11 heteroatoms. The normalized spacial score (nSPS) is 19.8. The third kappa shape index (κ3) is 9.93. The van der Waals surface area contributed by atoms with Crippen LogP contribution in [0, 0.1) is 5.92 Å². The van der Waals surface area contributed by atoms with Crippen LogP contribution in [0.2, 0.25) is 0 Å². The smallest absolute Gasteiger partial charge is 0.326 e. The molecule has 1 aliphatic heterocycles. The van der Waals surface area contributed by atoms with E-state index >= 15 is 0 Å². The molecule has 0 N–H and O–H groups in total. The van der Waals surface area contributed by atoms with Crippen molar-refractivity contribution in [3.05, 3.63) is 0 Å². The lowest BCUT2D eigenvalue weighted by molar-refractivity contribution is -0.162. The van der Waals surface area contributed by atoms with E-state index in [2.05, 4.69) is 0 Å². The third-order valence-electron chi connectivity index (χ3n) is 7.29. The molecule has 2 saturated carbocycles. The summed E-state index contributed by atoms with van der Waals surface area (Å²) in [4.78, 5) is 74.2. The highest BCUT2D eigenvalue weighted by molar-refractivity contribution is 6.17. The average Bonchev–Trinajstić information content (AvgIpc) is 3.60. The van der Waals surface area contributed by atoms with Crippen LogP contribution in [0.4, 0.5) is 0 Å². The molecule has 0 bridgehead atoms. The lowest BCUT2D eigenvalue weighted by Gasteiger charge is -2.34. The molecule has 3 rings (SSSR count). The van der Waals surface area contributed by atoms with Crippen LogP contribution in [0.3, 0.4) is 0 Å². The third-order valence-corrected chi connectivity index (χ3v) is 7.29. The fraction of sp³-hybridized carbons (Fsp3) is 0.786. The second kappa shape index (κ2) is 16.9. The Bertz CT molecular complexity index is 863. The molecule has 0 spiro atoms. The summed E-state index contributed by atoms with van der Waals surface area (Å²) in [6.07, 6.45) is 8.39. The standard InChI is InChI=1S/C15H25NO5.C13H19NO4/c1-3-20-14(18)9-10-16(12-7-5-6-8-12)13(17)11-15(19)21-4-2;1-2-18-13(17)11-10(15)7-8-14(12(11)16)9-5-3-4-6-9/h12H,3-11H2,1-2H3;9,11H,2-8H2,1H3. The second-order valence-electron chi connectivity index (χ2n) is 9.93. The molecule has 39 heavy (non-hydrogen) atoms. The Labute approximate surface area is 230 Å². The Morgan fingerprint density at radius 1 is 0.821 bits per heavy atom. The summed E-state index contributed by atoms with van der Waals surface area (Å²) < 4.78 is 14.5. The molecule has 1 atom stereocenters. The number of rotatable bonds is 11. The molecular formula is C28H44N2O9. The molecule has 0 aromatic rings. The number of amides is 2. The minimum absolute atomic E-state index is 0.126. The van der Waals surface area contributed by atoms with E-state index in [1.807, 2.05) is 0 Å². The van der Waals surface area contributed by atoms with Crippen LogP contribution in [0.15, 0.2) is 0 Å².